The Balaban J connectivity index is 1.84. The molecule has 6 nitrogen and oxygen atoms in total. The second kappa shape index (κ2) is 6.63. The molecule has 0 aliphatic carbocycles. The highest BCUT2D eigenvalue weighted by atomic mass is 16.6. The first-order valence-corrected chi connectivity index (χ1v) is 8.81. The maximum Gasteiger partial charge on any atom is 0.269 e. The maximum absolute atomic E-state index is 10.9. The van der Waals surface area contributed by atoms with Gasteiger partial charge in [-0.15, -0.1) is 0 Å². The summed E-state index contributed by atoms with van der Waals surface area (Å²) in [6.45, 7) is 2.97. The summed E-state index contributed by atoms with van der Waals surface area (Å²) in [7, 11) is 0. The number of nitro groups is 1. The number of benzene rings is 2. The Kier molecular flexibility index (Phi) is 4.16. The van der Waals surface area contributed by atoms with E-state index in [0.717, 1.165) is 48.6 Å². The van der Waals surface area contributed by atoms with E-state index in [4.69, 9.17) is 5.10 Å². The Morgan fingerprint density at radius 3 is 2.50 bits per heavy atom. The van der Waals surface area contributed by atoms with E-state index in [1.165, 1.54) is 23.3 Å². The van der Waals surface area contributed by atoms with Gasteiger partial charge >= 0.3 is 0 Å². The largest absolute Gasteiger partial charge is 0.370 e. The fourth-order valence-electron chi connectivity index (χ4n) is 3.35. The van der Waals surface area contributed by atoms with Gasteiger partial charge in [-0.05, 0) is 38.3 Å². The molecule has 2 aromatic carbocycles. The fourth-order valence-corrected chi connectivity index (χ4v) is 3.35. The van der Waals surface area contributed by atoms with Crippen molar-refractivity contribution in [1.29, 1.82) is 0 Å². The summed E-state index contributed by atoms with van der Waals surface area (Å²) in [6, 6.07) is 14.9. The molecule has 0 radical (unpaired) electrons. The van der Waals surface area contributed by atoms with Gasteiger partial charge in [-0.3, -0.25) is 10.1 Å². The highest BCUT2D eigenvalue weighted by Crippen LogP contribution is 2.34. The molecular weight excluding hydrogens is 328 g/mol. The molecule has 1 aliphatic heterocycles. The minimum atomic E-state index is -0.386. The highest BCUT2D eigenvalue weighted by molar-refractivity contribution is 5.71. The molecule has 0 fully saturated rings. The lowest BCUT2D eigenvalue weighted by Crippen LogP contribution is -2.07. The van der Waals surface area contributed by atoms with Crippen molar-refractivity contribution in [2.75, 3.05) is 11.9 Å². The number of aromatic nitrogens is 2. The molecule has 0 saturated heterocycles. The van der Waals surface area contributed by atoms with Gasteiger partial charge in [-0.25, -0.2) is 4.68 Å². The lowest BCUT2D eigenvalue weighted by molar-refractivity contribution is -0.384. The molecule has 0 saturated carbocycles. The predicted molar refractivity (Wildman–Crippen MR) is 102 cm³/mol. The first kappa shape index (κ1) is 16.3. The van der Waals surface area contributed by atoms with Gasteiger partial charge in [0.1, 0.15) is 5.82 Å². The number of hydrogen-bond acceptors (Lipinski definition) is 4. The number of nitro benzene ring substituents is 1. The molecular formula is C20H20N4O2. The molecule has 132 valence electrons. The van der Waals surface area contributed by atoms with Gasteiger partial charge in [-0.1, -0.05) is 29.8 Å². The number of hydrogen-bond donors (Lipinski definition) is 1. The molecule has 0 bridgehead atoms. The van der Waals surface area contributed by atoms with Crippen molar-refractivity contribution in [3.05, 3.63) is 69.8 Å². The van der Waals surface area contributed by atoms with E-state index in [9.17, 15) is 10.1 Å². The molecule has 6 heteroatoms. The van der Waals surface area contributed by atoms with E-state index in [1.54, 1.807) is 12.1 Å². The van der Waals surface area contributed by atoms with Crippen LogP contribution in [0.15, 0.2) is 48.5 Å². The number of non-ortho nitro benzene ring substituents is 1. The standard InChI is InChI=1S/C20H20N4O2/c1-14-5-7-15(8-6-14)19-18-4-2-3-13-21-20(18)23(22-19)16-9-11-17(12-10-16)24(25)26/h5-12,21H,2-4,13H2,1H3. The third-order valence-corrected chi connectivity index (χ3v) is 4.76. The summed E-state index contributed by atoms with van der Waals surface area (Å²) >= 11 is 0. The molecule has 3 aromatic rings. The van der Waals surface area contributed by atoms with Crippen LogP contribution >= 0.6 is 0 Å². The number of anilines is 1. The van der Waals surface area contributed by atoms with E-state index in [2.05, 4.69) is 36.5 Å². The van der Waals surface area contributed by atoms with Crippen LogP contribution in [0.3, 0.4) is 0 Å². The van der Waals surface area contributed by atoms with Gasteiger partial charge in [0, 0.05) is 29.8 Å². The number of fused-ring (bicyclic) bond motifs is 1. The van der Waals surface area contributed by atoms with Crippen molar-refractivity contribution in [2.24, 2.45) is 0 Å². The van der Waals surface area contributed by atoms with Gasteiger partial charge < -0.3 is 5.32 Å². The maximum atomic E-state index is 10.9. The van der Waals surface area contributed by atoms with Crippen LogP contribution < -0.4 is 5.32 Å². The van der Waals surface area contributed by atoms with Crippen LogP contribution in [0.5, 0.6) is 0 Å². The second-order valence-electron chi connectivity index (χ2n) is 6.61. The number of rotatable bonds is 3. The quantitative estimate of drug-likeness (QED) is 0.558. The Morgan fingerprint density at radius 2 is 1.81 bits per heavy atom. The Bertz CT molecular complexity index is 943. The molecule has 0 amide bonds. The van der Waals surface area contributed by atoms with E-state index >= 15 is 0 Å². The average molecular weight is 348 g/mol. The molecule has 1 N–H and O–H groups in total. The van der Waals surface area contributed by atoms with Crippen molar-refractivity contribution < 1.29 is 4.92 Å². The zero-order chi connectivity index (χ0) is 18.1. The number of nitrogens with zero attached hydrogens (tertiary/aromatic N) is 3. The van der Waals surface area contributed by atoms with E-state index in [0.29, 0.717) is 0 Å². The zero-order valence-corrected chi connectivity index (χ0v) is 14.6. The van der Waals surface area contributed by atoms with Crippen molar-refractivity contribution in [1.82, 2.24) is 9.78 Å². The molecule has 0 atom stereocenters. The van der Waals surface area contributed by atoms with Gasteiger partial charge in [-0.2, -0.15) is 5.10 Å². The SMILES string of the molecule is Cc1ccc(-c2nn(-c3ccc([N+](=O)[O-])cc3)c3c2CCCCN3)cc1. The fraction of sp³-hybridized carbons (Fsp3) is 0.250. The molecule has 1 aliphatic rings. The van der Waals surface area contributed by atoms with Crippen LogP contribution in [0.1, 0.15) is 24.0 Å². The summed E-state index contributed by atoms with van der Waals surface area (Å²) < 4.78 is 1.87. The van der Waals surface area contributed by atoms with Gasteiger partial charge in [0.25, 0.3) is 5.69 Å². The summed E-state index contributed by atoms with van der Waals surface area (Å²) in [5.74, 6) is 0.993. The Hall–Kier alpha value is -3.15. The number of aryl methyl sites for hydroxylation is 1. The molecule has 26 heavy (non-hydrogen) atoms. The molecule has 0 unspecified atom stereocenters. The van der Waals surface area contributed by atoms with Crippen LogP contribution in [0.2, 0.25) is 0 Å². The van der Waals surface area contributed by atoms with Crippen LogP contribution in [0.4, 0.5) is 11.5 Å². The van der Waals surface area contributed by atoms with Gasteiger partial charge in [0.15, 0.2) is 0 Å². The monoisotopic (exact) mass is 348 g/mol. The van der Waals surface area contributed by atoms with Crippen LogP contribution in [-0.4, -0.2) is 21.2 Å². The summed E-state index contributed by atoms with van der Waals surface area (Å²) in [6.07, 6.45) is 3.20. The molecule has 4 rings (SSSR count). The topological polar surface area (TPSA) is 73.0 Å². The lowest BCUT2D eigenvalue weighted by atomic mass is 10.0. The van der Waals surface area contributed by atoms with E-state index in [1.807, 2.05) is 4.68 Å². The van der Waals surface area contributed by atoms with Crippen molar-refractivity contribution in [3.63, 3.8) is 0 Å². The minimum Gasteiger partial charge on any atom is -0.370 e. The summed E-state index contributed by atoms with van der Waals surface area (Å²) in [4.78, 5) is 10.5. The Morgan fingerprint density at radius 1 is 1.08 bits per heavy atom. The first-order chi connectivity index (χ1) is 12.6. The molecule has 0 spiro atoms. The average Bonchev–Trinajstić information content (AvgIpc) is 2.84. The molecule has 1 aromatic heterocycles. The van der Waals surface area contributed by atoms with Gasteiger partial charge in [0.2, 0.25) is 0 Å². The second-order valence-corrected chi connectivity index (χ2v) is 6.61. The van der Waals surface area contributed by atoms with Gasteiger partial charge in [0.05, 0.1) is 16.3 Å². The minimum absolute atomic E-state index is 0.0821. The van der Waals surface area contributed by atoms with E-state index < -0.39 is 0 Å². The Labute approximate surface area is 151 Å². The summed E-state index contributed by atoms with van der Waals surface area (Å²) in [5, 5.41) is 19.3. The highest BCUT2D eigenvalue weighted by Gasteiger charge is 2.21. The van der Waals surface area contributed by atoms with Crippen LogP contribution in [0, 0.1) is 17.0 Å². The predicted octanol–water partition coefficient (Wildman–Crippen LogP) is 4.50. The normalized spacial score (nSPS) is 13.6. The van der Waals surface area contributed by atoms with Crippen LogP contribution in [0.25, 0.3) is 16.9 Å². The number of nitrogens with one attached hydrogen (secondary N) is 1. The van der Waals surface area contributed by atoms with E-state index in [-0.39, 0.29) is 10.6 Å². The lowest BCUT2D eigenvalue weighted by Gasteiger charge is -2.09. The summed E-state index contributed by atoms with van der Waals surface area (Å²) in [5.41, 5.74) is 5.40. The van der Waals surface area contributed by atoms with Crippen molar-refractivity contribution >= 4 is 11.5 Å². The van der Waals surface area contributed by atoms with Crippen molar-refractivity contribution in [3.8, 4) is 16.9 Å². The third kappa shape index (κ3) is 2.94. The van der Waals surface area contributed by atoms with Crippen LogP contribution in [-0.2, 0) is 6.42 Å². The first-order valence-electron chi connectivity index (χ1n) is 8.81. The van der Waals surface area contributed by atoms with Crippen molar-refractivity contribution in [2.45, 2.75) is 26.2 Å². The molecule has 2 heterocycles. The zero-order valence-electron chi connectivity index (χ0n) is 14.6. The smallest absolute Gasteiger partial charge is 0.269 e. The third-order valence-electron chi connectivity index (χ3n) is 4.76.